The van der Waals surface area contributed by atoms with Gasteiger partial charge in [0.15, 0.2) is 0 Å². The number of aryl methyl sites for hydroxylation is 1. The molecule has 0 spiro atoms. The Morgan fingerprint density at radius 2 is 1.67 bits per heavy atom. The Bertz CT molecular complexity index is 390. The molecule has 2 aromatic rings. The standard InChI is InChI=1S/C9H8FN.2C2H6/c1-6-5-11-9-4-7(10)2-3-8(6)9;2*1-2/h2-5,11H,1H3;2*1-2H3. The molecule has 0 atom stereocenters. The predicted molar refractivity (Wildman–Crippen MR) is 65.7 cm³/mol. The summed E-state index contributed by atoms with van der Waals surface area (Å²) in [6.45, 7) is 10.00. The third-order valence-corrected chi connectivity index (χ3v) is 1.85. The highest BCUT2D eigenvalue weighted by Crippen LogP contribution is 2.17. The van der Waals surface area contributed by atoms with Crippen LogP contribution in [0.3, 0.4) is 0 Å². The fourth-order valence-electron chi connectivity index (χ4n) is 1.24. The van der Waals surface area contributed by atoms with Gasteiger partial charge in [-0.25, -0.2) is 4.39 Å². The molecule has 0 aliphatic heterocycles. The Morgan fingerprint density at radius 1 is 1.07 bits per heavy atom. The van der Waals surface area contributed by atoms with Crippen LogP contribution in [0, 0.1) is 12.7 Å². The van der Waals surface area contributed by atoms with E-state index in [1.807, 2.05) is 40.8 Å². The fourth-order valence-corrected chi connectivity index (χ4v) is 1.24. The molecule has 84 valence electrons. The molecular formula is C13H20FN. The van der Waals surface area contributed by atoms with Crippen LogP contribution >= 0.6 is 0 Å². The van der Waals surface area contributed by atoms with E-state index in [-0.39, 0.29) is 5.82 Å². The molecule has 0 unspecified atom stereocenters. The molecule has 0 bridgehead atoms. The quantitative estimate of drug-likeness (QED) is 0.649. The largest absolute Gasteiger partial charge is 0.361 e. The van der Waals surface area contributed by atoms with E-state index < -0.39 is 0 Å². The van der Waals surface area contributed by atoms with E-state index in [9.17, 15) is 4.39 Å². The molecule has 0 saturated carbocycles. The second-order valence-electron chi connectivity index (χ2n) is 2.66. The normalized spacial score (nSPS) is 8.67. The molecule has 1 aromatic heterocycles. The summed E-state index contributed by atoms with van der Waals surface area (Å²) in [4.78, 5) is 2.99. The van der Waals surface area contributed by atoms with E-state index in [0.717, 1.165) is 16.5 Å². The molecule has 1 heterocycles. The second-order valence-corrected chi connectivity index (χ2v) is 2.66. The number of fused-ring (bicyclic) bond motifs is 1. The Hall–Kier alpha value is -1.31. The van der Waals surface area contributed by atoms with Crippen molar-refractivity contribution < 1.29 is 4.39 Å². The van der Waals surface area contributed by atoms with Crippen LogP contribution in [0.2, 0.25) is 0 Å². The summed E-state index contributed by atoms with van der Waals surface area (Å²) in [6, 6.07) is 4.77. The van der Waals surface area contributed by atoms with Gasteiger partial charge < -0.3 is 4.98 Å². The second kappa shape index (κ2) is 7.04. The number of hydrogen-bond acceptors (Lipinski definition) is 0. The number of hydrogen-bond donors (Lipinski definition) is 1. The Balaban J connectivity index is 0.000000442. The number of H-pyrrole nitrogens is 1. The van der Waals surface area contributed by atoms with Gasteiger partial charge in [-0.1, -0.05) is 27.7 Å². The summed E-state index contributed by atoms with van der Waals surface area (Å²) < 4.78 is 12.6. The van der Waals surface area contributed by atoms with Crippen LogP contribution < -0.4 is 0 Å². The van der Waals surface area contributed by atoms with E-state index >= 15 is 0 Å². The van der Waals surface area contributed by atoms with E-state index in [4.69, 9.17) is 0 Å². The first-order valence-corrected chi connectivity index (χ1v) is 5.50. The van der Waals surface area contributed by atoms with Gasteiger partial charge in [0.05, 0.1) is 0 Å². The third kappa shape index (κ3) is 3.39. The Morgan fingerprint density at radius 3 is 2.27 bits per heavy atom. The molecular weight excluding hydrogens is 189 g/mol. The number of halogens is 1. The lowest BCUT2D eigenvalue weighted by atomic mass is 10.2. The minimum Gasteiger partial charge on any atom is -0.361 e. The Kier molecular flexibility index (Phi) is 6.43. The van der Waals surface area contributed by atoms with Crippen LogP contribution in [0.4, 0.5) is 4.39 Å². The van der Waals surface area contributed by atoms with Crippen LogP contribution in [0.1, 0.15) is 33.3 Å². The van der Waals surface area contributed by atoms with Crippen molar-refractivity contribution in [3.8, 4) is 0 Å². The smallest absolute Gasteiger partial charge is 0.125 e. The van der Waals surface area contributed by atoms with Crippen LogP contribution in [0.15, 0.2) is 24.4 Å². The first-order chi connectivity index (χ1) is 7.27. The highest BCUT2D eigenvalue weighted by atomic mass is 19.1. The molecule has 1 nitrogen and oxygen atoms in total. The van der Waals surface area contributed by atoms with Crippen molar-refractivity contribution in [3.63, 3.8) is 0 Å². The monoisotopic (exact) mass is 209 g/mol. The molecule has 2 rings (SSSR count). The lowest BCUT2D eigenvalue weighted by Gasteiger charge is -1.90. The minimum atomic E-state index is -0.195. The Labute approximate surface area is 91.3 Å². The van der Waals surface area contributed by atoms with E-state index in [2.05, 4.69) is 4.98 Å². The third-order valence-electron chi connectivity index (χ3n) is 1.85. The topological polar surface area (TPSA) is 15.8 Å². The maximum absolute atomic E-state index is 12.6. The SMILES string of the molecule is CC.CC.Cc1c[nH]c2cc(F)ccc12. The molecule has 0 amide bonds. The van der Waals surface area contributed by atoms with Crippen LogP contribution in [-0.2, 0) is 0 Å². The van der Waals surface area contributed by atoms with Gasteiger partial charge in [-0.3, -0.25) is 0 Å². The highest BCUT2D eigenvalue weighted by Gasteiger charge is 1.98. The van der Waals surface area contributed by atoms with Gasteiger partial charge in [-0.05, 0) is 30.7 Å². The summed E-state index contributed by atoms with van der Waals surface area (Å²) in [7, 11) is 0. The van der Waals surface area contributed by atoms with Crippen LogP contribution in [0.25, 0.3) is 10.9 Å². The number of aromatic nitrogens is 1. The van der Waals surface area contributed by atoms with Crippen molar-refractivity contribution in [2.75, 3.05) is 0 Å². The molecule has 2 heteroatoms. The first kappa shape index (κ1) is 13.7. The molecule has 0 radical (unpaired) electrons. The first-order valence-electron chi connectivity index (χ1n) is 5.50. The number of benzene rings is 1. The molecule has 0 aliphatic rings. The van der Waals surface area contributed by atoms with Crippen LogP contribution in [-0.4, -0.2) is 4.98 Å². The molecule has 0 saturated heterocycles. The van der Waals surface area contributed by atoms with E-state index in [0.29, 0.717) is 0 Å². The van der Waals surface area contributed by atoms with Crippen molar-refractivity contribution in [2.45, 2.75) is 34.6 Å². The minimum absolute atomic E-state index is 0.195. The summed E-state index contributed by atoms with van der Waals surface area (Å²) in [5, 5.41) is 1.09. The highest BCUT2D eigenvalue weighted by molar-refractivity contribution is 5.82. The average molecular weight is 209 g/mol. The zero-order valence-electron chi connectivity index (χ0n) is 10.2. The molecule has 1 aromatic carbocycles. The number of aromatic amines is 1. The van der Waals surface area contributed by atoms with Gasteiger partial charge in [-0.15, -0.1) is 0 Å². The molecule has 0 aliphatic carbocycles. The van der Waals surface area contributed by atoms with E-state index in [1.165, 1.54) is 12.1 Å². The van der Waals surface area contributed by atoms with Gasteiger partial charge in [0.25, 0.3) is 0 Å². The van der Waals surface area contributed by atoms with Gasteiger partial charge in [0.1, 0.15) is 5.82 Å². The van der Waals surface area contributed by atoms with Gasteiger partial charge in [-0.2, -0.15) is 0 Å². The van der Waals surface area contributed by atoms with Crippen molar-refractivity contribution in [3.05, 3.63) is 35.8 Å². The lowest BCUT2D eigenvalue weighted by molar-refractivity contribution is 0.629. The van der Waals surface area contributed by atoms with Gasteiger partial charge in [0.2, 0.25) is 0 Å². The van der Waals surface area contributed by atoms with Crippen molar-refractivity contribution in [2.24, 2.45) is 0 Å². The van der Waals surface area contributed by atoms with Crippen molar-refractivity contribution in [1.29, 1.82) is 0 Å². The maximum Gasteiger partial charge on any atom is 0.125 e. The van der Waals surface area contributed by atoms with Gasteiger partial charge in [0, 0.05) is 17.1 Å². The summed E-state index contributed by atoms with van der Waals surface area (Å²) in [6.07, 6.45) is 1.88. The lowest BCUT2D eigenvalue weighted by Crippen LogP contribution is -1.72. The van der Waals surface area contributed by atoms with Crippen LogP contribution in [0.5, 0.6) is 0 Å². The average Bonchev–Trinajstić information content (AvgIpc) is 2.65. The molecule has 0 fully saturated rings. The maximum atomic E-state index is 12.6. The van der Waals surface area contributed by atoms with Crippen molar-refractivity contribution in [1.82, 2.24) is 4.98 Å². The van der Waals surface area contributed by atoms with Gasteiger partial charge >= 0.3 is 0 Å². The summed E-state index contributed by atoms with van der Waals surface area (Å²) in [5.41, 5.74) is 2.02. The summed E-state index contributed by atoms with van der Waals surface area (Å²) >= 11 is 0. The fraction of sp³-hybridized carbons (Fsp3) is 0.385. The number of nitrogens with one attached hydrogen (secondary N) is 1. The number of rotatable bonds is 0. The molecule has 1 N–H and O–H groups in total. The zero-order chi connectivity index (χ0) is 11.8. The van der Waals surface area contributed by atoms with E-state index in [1.54, 1.807) is 6.07 Å². The predicted octanol–water partition coefficient (Wildman–Crippen LogP) is 4.67. The molecule has 15 heavy (non-hydrogen) atoms. The summed E-state index contributed by atoms with van der Waals surface area (Å²) in [5.74, 6) is -0.195. The van der Waals surface area contributed by atoms with Crippen molar-refractivity contribution >= 4 is 10.9 Å². The zero-order valence-corrected chi connectivity index (χ0v) is 10.2.